The largest absolute Gasteiger partial charge is 0.236 e. The summed E-state index contributed by atoms with van der Waals surface area (Å²) in [6.07, 6.45) is 3.97. The minimum atomic E-state index is -0.176. The van der Waals surface area contributed by atoms with Crippen molar-refractivity contribution < 1.29 is 8.96 Å². The topological polar surface area (TPSA) is 16.8 Å². The summed E-state index contributed by atoms with van der Waals surface area (Å²) in [5.41, 5.74) is 2.74. The van der Waals surface area contributed by atoms with Crippen LogP contribution in [0.4, 0.5) is 4.39 Å². The van der Waals surface area contributed by atoms with Crippen LogP contribution in [-0.2, 0) is 6.54 Å². The molecule has 4 heteroatoms. The molecule has 4 aromatic rings. The maximum Gasteiger partial charge on any atom is 0.179 e. The first kappa shape index (κ1) is 14.0. The second-order valence-electron chi connectivity index (χ2n) is 5.34. The molecule has 2 aromatic carbocycles. The van der Waals surface area contributed by atoms with Crippen LogP contribution < -0.4 is 4.57 Å². The molecule has 0 amide bonds. The Labute approximate surface area is 137 Å². The monoisotopic (exact) mass is 321 g/mol. The summed E-state index contributed by atoms with van der Waals surface area (Å²) in [5.74, 6) is -0.176. The number of hydrogen-bond acceptors (Lipinski definition) is 2. The molecule has 0 fully saturated rings. The Hall–Kier alpha value is -2.59. The van der Waals surface area contributed by atoms with Crippen LogP contribution in [-0.4, -0.2) is 4.98 Å². The Bertz CT molecular complexity index is 945. The third-order valence-electron chi connectivity index (χ3n) is 3.71. The van der Waals surface area contributed by atoms with Crippen molar-refractivity contribution in [1.82, 2.24) is 4.98 Å². The lowest BCUT2D eigenvalue weighted by molar-refractivity contribution is -0.688. The van der Waals surface area contributed by atoms with Gasteiger partial charge in [0.1, 0.15) is 10.8 Å². The summed E-state index contributed by atoms with van der Waals surface area (Å²) in [7, 11) is 0. The lowest BCUT2D eigenvalue weighted by Gasteiger charge is -2.00. The SMILES string of the molecule is Fc1ccccc1C[n+]1cccc(-c2nc3ccccc3s2)c1. The van der Waals surface area contributed by atoms with Gasteiger partial charge in [-0.1, -0.05) is 24.3 Å². The molecule has 0 saturated heterocycles. The number of rotatable bonds is 3. The van der Waals surface area contributed by atoms with E-state index in [2.05, 4.69) is 11.1 Å². The molecule has 0 aliphatic rings. The van der Waals surface area contributed by atoms with Crippen LogP contribution in [0.15, 0.2) is 73.1 Å². The highest BCUT2D eigenvalue weighted by atomic mass is 32.1. The summed E-state index contributed by atoms with van der Waals surface area (Å²) in [4.78, 5) is 4.68. The Balaban J connectivity index is 1.69. The smallest absolute Gasteiger partial charge is 0.179 e. The lowest BCUT2D eigenvalue weighted by atomic mass is 10.2. The van der Waals surface area contributed by atoms with Crippen LogP contribution in [0.2, 0.25) is 0 Å². The van der Waals surface area contributed by atoms with Gasteiger partial charge >= 0.3 is 0 Å². The van der Waals surface area contributed by atoms with Crippen molar-refractivity contribution in [3.8, 4) is 10.6 Å². The average molecular weight is 321 g/mol. The molecule has 0 radical (unpaired) electrons. The van der Waals surface area contributed by atoms with Gasteiger partial charge < -0.3 is 0 Å². The first-order chi connectivity index (χ1) is 11.3. The first-order valence-electron chi connectivity index (χ1n) is 7.38. The van der Waals surface area contributed by atoms with E-state index in [-0.39, 0.29) is 5.82 Å². The standard InChI is InChI=1S/C19H14FN2S/c20-16-8-2-1-6-14(16)12-22-11-5-7-15(13-22)19-21-17-9-3-4-10-18(17)23-19/h1-11,13H,12H2/q+1. The molecule has 0 bridgehead atoms. The van der Waals surface area contributed by atoms with Crippen LogP contribution in [0.1, 0.15) is 5.56 Å². The molecule has 0 aliphatic carbocycles. The zero-order valence-electron chi connectivity index (χ0n) is 12.3. The zero-order chi connectivity index (χ0) is 15.6. The van der Waals surface area contributed by atoms with Gasteiger partial charge in [0.05, 0.1) is 21.3 Å². The van der Waals surface area contributed by atoms with Crippen molar-refractivity contribution in [2.24, 2.45) is 0 Å². The van der Waals surface area contributed by atoms with Gasteiger partial charge in [-0.3, -0.25) is 0 Å². The number of nitrogens with zero attached hydrogens (tertiary/aromatic N) is 2. The molecule has 0 spiro atoms. The molecule has 112 valence electrons. The van der Waals surface area contributed by atoms with Gasteiger partial charge in [0.2, 0.25) is 0 Å². The summed E-state index contributed by atoms with van der Waals surface area (Å²) in [6, 6.07) is 19.0. The fourth-order valence-electron chi connectivity index (χ4n) is 2.57. The molecule has 0 aliphatic heterocycles. The fraction of sp³-hybridized carbons (Fsp3) is 0.0526. The number of thiazole rings is 1. The van der Waals surface area contributed by atoms with E-state index in [1.54, 1.807) is 17.4 Å². The number of pyridine rings is 1. The van der Waals surface area contributed by atoms with Crippen molar-refractivity contribution in [2.45, 2.75) is 6.54 Å². The van der Waals surface area contributed by atoms with E-state index in [4.69, 9.17) is 0 Å². The van der Waals surface area contributed by atoms with E-state index >= 15 is 0 Å². The van der Waals surface area contributed by atoms with Gasteiger partial charge in [0, 0.05) is 6.07 Å². The van der Waals surface area contributed by atoms with Gasteiger partial charge in [0.15, 0.2) is 18.9 Å². The van der Waals surface area contributed by atoms with Crippen LogP contribution in [0, 0.1) is 5.82 Å². The van der Waals surface area contributed by atoms with E-state index in [1.165, 1.54) is 10.8 Å². The summed E-state index contributed by atoms with van der Waals surface area (Å²) in [5, 5.41) is 0.981. The number of aromatic nitrogens is 2. The van der Waals surface area contributed by atoms with Crippen LogP contribution in [0.25, 0.3) is 20.8 Å². The lowest BCUT2D eigenvalue weighted by Crippen LogP contribution is -2.33. The van der Waals surface area contributed by atoms with E-state index in [0.717, 1.165) is 16.1 Å². The molecule has 4 rings (SSSR count). The van der Waals surface area contributed by atoms with E-state index in [0.29, 0.717) is 12.1 Å². The molecule has 23 heavy (non-hydrogen) atoms. The number of benzene rings is 2. The summed E-state index contributed by atoms with van der Waals surface area (Å²) < 4.78 is 17.0. The number of halogens is 1. The van der Waals surface area contributed by atoms with Crippen LogP contribution in [0.3, 0.4) is 0 Å². The first-order valence-corrected chi connectivity index (χ1v) is 8.20. The van der Waals surface area contributed by atoms with Crippen LogP contribution in [0.5, 0.6) is 0 Å². The van der Waals surface area contributed by atoms with E-state index < -0.39 is 0 Å². The van der Waals surface area contributed by atoms with Gasteiger partial charge in [-0.05, 0) is 30.3 Å². The number of para-hydroxylation sites is 1. The van der Waals surface area contributed by atoms with Crippen molar-refractivity contribution in [2.75, 3.05) is 0 Å². The highest BCUT2D eigenvalue weighted by Crippen LogP contribution is 2.29. The van der Waals surface area contributed by atoms with Crippen molar-refractivity contribution in [1.29, 1.82) is 0 Å². The molecule has 2 aromatic heterocycles. The predicted octanol–water partition coefficient (Wildman–Crippen LogP) is 4.44. The van der Waals surface area contributed by atoms with Gasteiger partial charge in [-0.25, -0.2) is 9.37 Å². The van der Waals surface area contributed by atoms with Crippen molar-refractivity contribution in [3.63, 3.8) is 0 Å². The molecule has 2 nitrogen and oxygen atoms in total. The fourth-order valence-corrected chi connectivity index (χ4v) is 3.52. The maximum atomic E-state index is 13.8. The van der Waals surface area contributed by atoms with Gasteiger partial charge in [0.25, 0.3) is 0 Å². The average Bonchev–Trinajstić information content (AvgIpc) is 3.01. The molecule has 2 heterocycles. The van der Waals surface area contributed by atoms with Gasteiger partial charge in [-0.2, -0.15) is 4.57 Å². The Morgan fingerprint density at radius 1 is 0.957 bits per heavy atom. The predicted molar refractivity (Wildman–Crippen MR) is 90.8 cm³/mol. The Morgan fingerprint density at radius 3 is 2.65 bits per heavy atom. The maximum absolute atomic E-state index is 13.8. The van der Waals surface area contributed by atoms with Crippen molar-refractivity contribution >= 4 is 21.6 Å². The highest BCUT2D eigenvalue weighted by Gasteiger charge is 2.12. The minimum Gasteiger partial charge on any atom is -0.236 e. The van der Waals surface area contributed by atoms with Crippen molar-refractivity contribution in [3.05, 3.63) is 84.4 Å². The summed E-state index contributed by atoms with van der Waals surface area (Å²) >= 11 is 1.67. The van der Waals surface area contributed by atoms with Gasteiger partial charge in [-0.15, -0.1) is 11.3 Å². The van der Waals surface area contributed by atoms with E-state index in [9.17, 15) is 4.39 Å². The second kappa shape index (κ2) is 5.89. The third-order valence-corrected chi connectivity index (χ3v) is 4.80. The Morgan fingerprint density at radius 2 is 1.78 bits per heavy atom. The second-order valence-corrected chi connectivity index (χ2v) is 6.37. The normalized spacial score (nSPS) is 11.0. The molecule has 0 atom stereocenters. The molecule has 0 unspecified atom stereocenters. The minimum absolute atomic E-state index is 0.176. The quantitative estimate of drug-likeness (QED) is 0.510. The molecule has 0 saturated carbocycles. The zero-order valence-corrected chi connectivity index (χ0v) is 13.1. The van der Waals surface area contributed by atoms with E-state index in [1.807, 2.05) is 59.4 Å². The summed E-state index contributed by atoms with van der Waals surface area (Å²) in [6.45, 7) is 0.505. The molecular weight excluding hydrogens is 307 g/mol. The Kier molecular flexibility index (Phi) is 3.60. The molecule has 0 N–H and O–H groups in total. The molecular formula is C19H14FN2S+. The number of fused-ring (bicyclic) bond motifs is 1. The van der Waals surface area contributed by atoms with Crippen LogP contribution >= 0.6 is 11.3 Å². The third kappa shape index (κ3) is 2.85. The highest BCUT2D eigenvalue weighted by molar-refractivity contribution is 7.21. The number of hydrogen-bond donors (Lipinski definition) is 0.